The monoisotopic (exact) mass is 288 g/mol. The van der Waals surface area contributed by atoms with Crippen LogP contribution in [0.1, 0.15) is 48.7 Å². The number of carboxylic acid groups (broad SMARTS) is 1. The van der Waals surface area contributed by atoms with E-state index in [1.807, 2.05) is 0 Å². The minimum absolute atomic E-state index is 0.238. The Labute approximate surface area is 124 Å². The molecule has 0 aromatic carbocycles. The van der Waals surface area contributed by atoms with Crippen LogP contribution in [0.25, 0.3) is 6.08 Å². The fourth-order valence-corrected chi connectivity index (χ4v) is 2.59. The first-order valence-electron chi connectivity index (χ1n) is 7.20. The third-order valence-corrected chi connectivity index (χ3v) is 4.25. The van der Waals surface area contributed by atoms with Crippen molar-refractivity contribution in [3.8, 4) is 0 Å². The van der Waals surface area contributed by atoms with E-state index in [0.29, 0.717) is 12.1 Å². The summed E-state index contributed by atoms with van der Waals surface area (Å²) >= 11 is 0. The molecule has 5 nitrogen and oxygen atoms in total. The number of carbonyl (C=O) groups excluding carboxylic acids is 1. The summed E-state index contributed by atoms with van der Waals surface area (Å²) in [5, 5.41) is 11.6. The molecule has 0 saturated heterocycles. The van der Waals surface area contributed by atoms with Gasteiger partial charge in [0.25, 0.3) is 5.91 Å². The zero-order valence-corrected chi connectivity index (χ0v) is 12.1. The van der Waals surface area contributed by atoms with Crippen LogP contribution in [-0.4, -0.2) is 28.5 Å². The third-order valence-electron chi connectivity index (χ3n) is 4.25. The molecule has 0 radical (unpaired) electrons. The molecule has 1 aliphatic carbocycles. The lowest BCUT2D eigenvalue weighted by molar-refractivity contribution is -0.131. The van der Waals surface area contributed by atoms with Gasteiger partial charge in [0.15, 0.2) is 0 Å². The molecule has 1 aliphatic rings. The molecule has 0 bridgehead atoms. The number of aliphatic carboxylic acids is 1. The summed E-state index contributed by atoms with van der Waals surface area (Å²) in [6.07, 6.45) is 8.51. The summed E-state index contributed by atoms with van der Waals surface area (Å²) in [5.74, 6) is -1.30. The summed E-state index contributed by atoms with van der Waals surface area (Å²) in [6.45, 7) is 2.80. The first kappa shape index (κ1) is 15.2. The van der Waals surface area contributed by atoms with Gasteiger partial charge in [-0.2, -0.15) is 0 Å². The number of pyridine rings is 1. The number of hydrogen-bond acceptors (Lipinski definition) is 3. The van der Waals surface area contributed by atoms with Crippen LogP contribution in [0.3, 0.4) is 0 Å². The molecule has 1 aromatic heterocycles. The highest BCUT2D eigenvalue weighted by Gasteiger charge is 2.35. The molecule has 1 heterocycles. The van der Waals surface area contributed by atoms with Crippen molar-refractivity contribution < 1.29 is 14.7 Å². The summed E-state index contributed by atoms with van der Waals surface area (Å²) < 4.78 is 0. The van der Waals surface area contributed by atoms with Gasteiger partial charge in [-0.25, -0.2) is 4.79 Å². The van der Waals surface area contributed by atoms with E-state index >= 15 is 0 Å². The van der Waals surface area contributed by atoms with Crippen LogP contribution in [0, 0.1) is 5.41 Å². The molecule has 0 atom stereocenters. The molecule has 2 rings (SSSR count). The van der Waals surface area contributed by atoms with E-state index < -0.39 is 5.97 Å². The van der Waals surface area contributed by atoms with Gasteiger partial charge >= 0.3 is 5.97 Å². The predicted molar refractivity (Wildman–Crippen MR) is 79.8 cm³/mol. The van der Waals surface area contributed by atoms with Gasteiger partial charge in [0, 0.05) is 24.4 Å². The summed E-state index contributed by atoms with van der Waals surface area (Å²) in [5.41, 5.74) is 1.01. The summed E-state index contributed by atoms with van der Waals surface area (Å²) in [6, 6.07) is 3.36. The standard InChI is InChI=1S/C16H20N2O3/c1-2-16(8-4-9-16)11-18-15(21)14-12(5-3-10-17-14)6-7-13(19)20/h3,5-7,10H,2,4,8-9,11H2,1H3,(H,18,21)(H,19,20)/b7-6+. The lowest BCUT2D eigenvalue weighted by Crippen LogP contribution is -2.42. The Morgan fingerprint density at radius 3 is 2.81 bits per heavy atom. The molecule has 112 valence electrons. The molecule has 1 aromatic rings. The smallest absolute Gasteiger partial charge is 0.328 e. The molecule has 0 spiro atoms. The van der Waals surface area contributed by atoms with Gasteiger partial charge in [-0.3, -0.25) is 9.78 Å². The zero-order valence-electron chi connectivity index (χ0n) is 12.1. The summed E-state index contributed by atoms with van der Waals surface area (Å²) in [7, 11) is 0. The molecule has 1 fully saturated rings. The average molecular weight is 288 g/mol. The van der Waals surface area contributed by atoms with Crippen LogP contribution in [0.4, 0.5) is 0 Å². The highest BCUT2D eigenvalue weighted by Crippen LogP contribution is 2.43. The predicted octanol–water partition coefficient (Wildman–Crippen LogP) is 2.49. The second kappa shape index (κ2) is 6.52. The van der Waals surface area contributed by atoms with Crippen molar-refractivity contribution in [1.82, 2.24) is 10.3 Å². The molecule has 1 saturated carbocycles. The summed E-state index contributed by atoms with van der Waals surface area (Å²) in [4.78, 5) is 26.9. The number of carboxylic acids is 1. The largest absolute Gasteiger partial charge is 0.478 e. The number of nitrogens with one attached hydrogen (secondary N) is 1. The van der Waals surface area contributed by atoms with Gasteiger partial charge in [-0.15, -0.1) is 0 Å². The van der Waals surface area contributed by atoms with E-state index in [1.54, 1.807) is 12.1 Å². The van der Waals surface area contributed by atoms with E-state index in [1.165, 1.54) is 18.7 Å². The second-order valence-electron chi connectivity index (χ2n) is 5.50. The van der Waals surface area contributed by atoms with Crippen LogP contribution in [0.2, 0.25) is 0 Å². The van der Waals surface area contributed by atoms with Crippen molar-refractivity contribution in [3.63, 3.8) is 0 Å². The number of carbonyl (C=O) groups is 2. The molecule has 0 unspecified atom stereocenters. The Hall–Kier alpha value is -2.17. The topological polar surface area (TPSA) is 79.3 Å². The number of nitrogens with zero attached hydrogens (tertiary/aromatic N) is 1. The van der Waals surface area contributed by atoms with Crippen LogP contribution in [0.5, 0.6) is 0 Å². The van der Waals surface area contributed by atoms with Gasteiger partial charge < -0.3 is 10.4 Å². The maximum absolute atomic E-state index is 12.3. The number of amides is 1. The van der Waals surface area contributed by atoms with Crippen LogP contribution < -0.4 is 5.32 Å². The molecule has 1 amide bonds. The first-order valence-corrected chi connectivity index (χ1v) is 7.20. The van der Waals surface area contributed by atoms with Crippen molar-refractivity contribution in [2.75, 3.05) is 6.54 Å². The van der Waals surface area contributed by atoms with Gasteiger partial charge in [0.2, 0.25) is 0 Å². The minimum Gasteiger partial charge on any atom is -0.478 e. The molecule has 2 N–H and O–H groups in total. The Morgan fingerprint density at radius 1 is 1.48 bits per heavy atom. The highest BCUT2D eigenvalue weighted by molar-refractivity contribution is 5.97. The fraction of sp³-hybridized carbons (Fsp3) is 0.438. The number of hydrogen-bond donors (Lipinski definition) is 2. The molecular formula is C16H20N2O3. The van der Waals surface area contributed by atoms with Crippen molar-refractivity contribution in [2.45, 2.75) is 32.6 Å². The Balaban J connectivity index is 2.07. The molecule has 21 heavy (non-hydrogen) atoms. The van der Waals surface area contributed by atoms with E-state index in [9.17, 15) is 9.59 Å². The van der Waals surface area contributed by atoms with E-state index in [2.05, 4.69) is 17.2 Å². The molecular weight excluding hydrogens is 268 g/mol. The third kappa shape index (κ3) is 3.68. The van der Waals surface area contributed by atoms with E-state index in [-0.39, 0.29) is 17.0 Å². The molecule has 0 aliphatic heterocycles. The van der Waals surface area contributed by atoms with Crippen LogP contribution in [-0.2, 0) is 4.79 Å². The second-order valence-corrected chi connectivity index (χ2v) is 5.50. The maximum atomic E-state index is 12.3. The van der Waals surface area contributed by atoms with E-state index in [4.69, 9.17) is 5.11 Å². The van der Waals surface area contributed by atoms with Gasteiger partial charge in [0.1, 0.15) is 5.69 Å². The number of aromatic nitrogens is 1. The quantitative estimate of drug-likeness (QED) is 0.788. The Bertz CT molecular complexity index is 557. The SMILES string of the molecule is CCC1(CNC(=O)c2ncccc2/C=C/C(=O)O)CCC1. The zero-order chi connectivity index (χ0) is 15.3. The highest BCUT2D eigenvalue weighted by atomic mass is 16.4. The molecule has 5 heteroatoms. The van der Waals surface area contributed by atoms with Crippen molar-refractivity contribution in [1.29, 1.82) is 0 Å². The maximum Gasteiger partial charge on any atom is 0.328 e. The average Bonchev–Trinajstić information content (AvgIpc) is 2.44. The minimum atomic E-state index is -1.05. The lowest BCUT2D eigenvalue weighted by atomic mass is 9.67. The van der Waals surface area contributed by atoms with Crippen LogP contribution >= 0.6 is 0 Å². The Morgan fingerprint density at radius 2 is 2.24 bits per heavy atom. The first-order chi connectivity index (χ1) is 10.1. The van der Waals surface area contributed by atoms with Gasteiger partial charge in [-0.1, -0.05) is 19.4 Å². The lowest BCUT2D eigenvalue weighted by Gasteiger charge is -2.41. The van der Waals surface area contributed by atoms with Gasteiger partial charge in [-0.05, 0) is 36.8 Å². The van der Waals surface area contributed by atoms with E-state index in [0.717, 1.165) is 25.3 Å². The van der Waals surface area contributed by atoms with Crippen molar-refractivity contribution in [2.24, 2.45) is 5.41 Å². The normalized spacial score (nSPS) is 16.4. The van der Waals surface area contributed by atoms with Gasteiger partial charge in [0.05, 0.1) is 0 Å². The van der Waals surface area contributed by atoms with Crippen molar-refractivity contribution >= 4 is 18.0 Å². The number of rotatable bonds is 6. The fourth-order valence-electron chi connectivity index (χ4n) is 2.59. The van der Waals surface area contributed by atoms with Crippen LogP contribution in [0.15, 0.2) is 24.4 Å². The Kier molecular flexibility index (Phi) is 4.73. The van der Waals surface area contributed by atoms with Crippen molar-refractivity contribution in [3.05, 3.63) is 35.7 Å².